The van der Waals surface area contributed by atoms with Crippen molar-refractivity contribution in [1.29, 1.82) is 0 Å². The smallest absolute Gasteiger partial charge is 0.266 e. The maximum absolute atomic E-state index is 14.4. The molecule has 1 heterocycles. The summed E-state index contributed by atoms with van der Waals surface area (Å²) in [6.07, 6.45) is 0. The number of rotatable bonds is 5. The quantitative estimate of drug-likeness (QED) is 0.537. The molecule has 0 aliphatic carbocycles. The number of carbonyl (C=O) groups excluding carboxylic acids is 1. The fraction of sp³-hybridized carbons (Fsp3) is 0.211. The monoisotopic (exact) mass is 389 g/mol. The fourth-order valence-corrected chi connectivity index (χ4v) is 3.39. The summed E-state index contributed by atoms with van der Waals surface area (Å²) in [5.41, 5.74) is -0.169. The van der Waals surface area contributed by atoms with E-state index in [-0.39, 0.29) is 28.5 Å². The summed E-state index contributed by atoms with van der Waals surface area (Å²) in [4.78, 5) is 29.3. The molecule has 3 rings (SSSR count). The highest BCUT2D eigenvalue weighted by Gasteiger charge is 2.17. The molecule has 0 spiro atoms. The van der Waals surface area contributed by atoms with Gasteiger partial charge in [-0.3, -0.25) is 14.2 Å². The minimum atomic E-state index is -0.886. The van der Waals surface area contributed by atoms with Gasteiger partial charge in [0.25, 0.3) is 5.56 Å². The molecule has 0 saturated carbocycles. The van der Waals surface area contributed by atoms with Crippen molar-refractivity contribution in [2.45, 2.75) is 25.0 Å². The Morgan fingerprint density at radius 1 is 1.22 bits per heavy atom. The van der Waals surface area contributed by atoms with Crippen LogP contribution in [0.15, 0.2) is 52.4 Å². The molecule has 0 atom stereocenters. The molecule has 5 nitrogen and oxygen atoms in total. The first kappa shape index (κ1) is 19.0. The van der Waals surface area contributed by atoms with Gasteiger partial charge in [-0.1, -0.05) is 23.9 Å². The van der Waals surface area contributed by atoms with Gasteiger partial charge in [-0.15, -0.1) is 0 Å². The lowest BCUT2D eigenvalue weighted by Crippen LogP contribution is -2.32. The molecular formula is C19H17F2N3O2S. The van der Waals surface area contributed by atoms with E-state index in [2.05, 4.69) is 10.3 Å². The minimum Gasteiger partial charge on any atom is -0.353 e. The number of benzene rings is 2. The Labute approximate surface area is 158 Å². The van der Waals surface area contributed by atoms with Gasteiger partial charge >= 0.3 is 0 Å². The van der Waals surface area contributed by atoms with Gasteiger partial charge in [0.15, 0.2) is 5.16 Å². The summed E-state index contributed by atoms with van der Waals surface area (Å²) < 4.78 is 28.7. The van der Waals surface area contributed by atoms with Gasteiger partial charge in [-0.05, 0) is 38.1 Å². The van der Waals surface area contributed by atoms with Crippen LogP contribution in [0, 0.1) is 11.6 Å². The predicted octanol–water partition coefficient (Wildman–Crippen LogP) is 3.28. The van der Waals surface area contributed by atoms with E-state index in [0.29, 0.717) is 17.0 Å². The molecule has 27 heavy (non-hydrogen) atoms. The Morgan fingerprint density at radius 3 is 2.67 bits per heavy atom. The predicted molar refractivity (Wildman–Crippen MR) is 101 cm³/mol. The van der Waals surface area contributed by atoms with Crippen LogP contribution in [0.1, 0.15) is 13.8 Å². The number of para-hydroxylation sites is 1. The van der Waals surface area contributed by atoms with Gasteiger partial charge in [0.2, 0.25) is 5.91 Å². The van der Waals surface area contributed by atoms with Gasteiger partial charge in [-0.2, -0.15) is 0 Å². The number of nitrogens with one attached hydrogen (secondary N) is 1. The van der Waals surface area contributed by atoms with Crippen LogP contribution in [0.3, 0.4) is 0 Å². The Hall–Kier alpha value is -2.74. The Kier molecular flexibility index (Phi) is 5.55. The Morgan fingerprint density at radius 2 is 1.96 bits per heavy atom. The molecule has 0 radical (unpaired) electrons. The van der Waals surface area contributed by atoms with Gasteiger partial charge in [-0.25, -0.2) is 13.8 Å². The Balaban J connectivity index is 2.13. The summed E-state index contributed by atoms with van der Waals surface area (Å²) in [5, 5.41) is 3.20. The number of carbonyl (C=O) groups is 1. The number of hydrogen-bond donors (Lipinski definition) is 1. The zero-order valence-corrected chi connectivity index (χ0v) is 15.5. The first-order valence-corrected chi connectivity index (χ1v) is 9.24. The lowest BCUT2D eigenvalue weighted by molar-refractivity contribution is -0.119. The van der Waals surface area contributed by atoms with Crippen LogP contribution in [0.25, 0.3) is 16.6 Å². The van der Waals surface area contributed by atoms with E-state index in [4.69, 9.17) is 0 Å². The normalized spacial score (nSPS) is 11.1. The second kappa shape index (κ2) is 7.87. The molecule has 1 amide bonds. The first-order valence-electron chi connectivity index (χ1n) is 8.26. The van der Waals surface area contributed by atoms with E-state index in [9.17, 15) is 18.4 Å². The van der Waals surface area contributed by atoms with E-state index in [1.807, 2.05) is 13.8 Å². The van der Waals surface area contributed by atoms with Crippen molar-refractivity contribution in [2.75, 3.05) is 5.75 Å². The number of halogens is 2. The summed E-state index contributed by atoms with van der Waals surface area (Å²) in [6.45, 7) is 3.67. The number of aromatic nitrogens is 2. The summed E-state index contributed by atoms with van der Waals surface area (Å²) in [5.74, 6) is -1.86. The van der Waals surface area contributed by atoms with Gasteiger partial charge in [0.05, 0.1) is 22.3 Å². The molecule has 3 aromatic rings. The zero-order chi connectivity index (χ0) is 19.6. The largest absolute Gasteiger partial charge is 0.353 e. The highest BCUT2D eigenvalue weighted by molar-refractivity contribution is 7.99. The van der Waals surface area contributed by atoms with Crippen LogP contribution in [0.2, 0.25) is 0 Å². The molecule has 1 aromatic heterocycles. The molecule has 0 aliphatic rings. The number of thioether (sulfide) groups is 1. The third-order valence-electron chi connectivity index (χ3n) is 3.68. The first-order chi connectivity index (χ1) is 12.9. The highest BCUT2D eigenvalue weighted by atomic mass is 32.2. The van der Waals surface area contributed by atoms with Crippen LogP contribution >= 0.6 is 11.8 Å². The maximum Gasteiger partial charge on any atom is 0.266 e. The summed E-state index contributed by atoms with van der Waals surface area (Å²) in [6, 6.07) is 9.59. The molecular weight excluding hydrogens is 372 g/mol. The van der Waals surface area contributed by atoms with Crippen molar-refractivity contribution >= 4 is 28.6 Å². The molecule has 140 valence electrons. The molecule has 8 heteroatoms. The van der Waals surface area contributed by atoms with Gasteiger partial charge in [0, 0.05) is 12.1 Å². The molecule has 0 unspecified atom stereocenters. The number of fused-ring (bicyclic) bond motifs is 1. The van der Waals surface area contributed by atoms with Crippen molar-refractivity contribution in [3.05, 3.63) is 64.5 Å². The van der Waals surface area contributed by atoms with E-state index >= 15 is 0 Å². The van der Waals surface area contributed by atoms with Crippen LogP contribution in [0.4, 0.5) is 8.78 Å². The average molecular weight is 389 g/mol. The standard InChI is InChI=1S/C19H17F2N3O2S/c1-11(2)22-17(25)10-27-19-23-15-6-4-3-5-13(15)18(26)24(19)16-8-7-12(20)9-14(16)21/h3-9,11H,10H2,1-2H3,(H,22,25). The summed E-state index contributed by atoms with van der Waals surface area (Å²) >= 11 is 1.01. The zero-order valence-electron chi connectivity index (χ0n) is 14.7. The molecule has 0 fully saturated rings. The topological polar surface area (TPSA) is 64.0 Å². The van der Waals surface area contributed by atoms with Crippen LogP contribution in [-0.4, -0.2) is 27.3 Å². The van der Waals surface area contributed by atoms with Crippen molar-refractivity contribution in [1.82, 2.24) is 14.9 Å². The molecule has 0 bridgehead atoms. The fourth-order valence-electron chi connectivity index (χ4n) is 2.58. The average Bonchev–Trinajstić information content (AvgIpc) is 2.60. The van der Waals surface area contributed by atoms with E-state index < -0.39 is 17.2 Å². The van der Waals surface area contributed by atoms with Crippen molar-refractivity contribution in [2.24, 2.45) is 0 Å². The summed E-state index contributed by atoms with van der Waals surface area (Å²) in [7, 11) is 0. The maximum atomic E-state index is 14.4. The van der Waals surface area contributed by atoms with E-state index in [1.54, 1.807) is 24.3 Å². The SMILES string of the molecule is CC(C)NC(=O)CSc1nc2ccccc2c(=O)n1-c1ccc(F)cc1F. The number of nitrogens with zero attached hydrogens (tertiary/aromatic N) is 2. The van der Waals surface area contributed by atoms with Crippen molar-refractivity contribution in [3.63, 3.8) is 0 Å². The second-order valence-corrected chi connectivity index (χ2v) is 7.10. The lowest BCUT2D eigenvalue weighted by Gasteiger charge is -2.14. The van der Waals surface area contributed by atoms with Crippen molar-refractivity contribution in [3.8, 4) is 5.69 Å². The van der Waals surface area contributed by atoms with E-state index in [1.165, 1.54) is 6.07 Å². The van der Waals surface area contributed by atoms with Crippen LogP contribution < -0.4 is 10.9 Å². The third-order valence-corrected chi connectivity index (χ3v) is 4.62. The third kappa shape index (κ3) is 4.16. The molecule has 2 aromatic carbocycles. The van der Waals surface area contributed by atoms with Crippen molar-refractivity contribution < 1.29 is 13.6 Å². The van der Waals surface area contributed by atoms with Crippen LogP contribution in [0.5, 0.6) is 0 Å². The van der Waals surface area contributed by atoms with Gasteiger partial charge in [0.1, 0.15) is 11.6 Å². The van der Waals surface area contributed by atoms with E-state index in [0.717, 1.165) is 22.4 Å². The van der Waals surface area contributed by atoms with Gasteiger partial charge < -0.3 is 5.32 Å². The molecule has 0 aliphatic heterocycles. The highest BCUT2D eigenvalue weighted by Crippen LogP contribution is 2.23. The minimum absolute atomic E-state index is 0.00573. The number of amides is 1. The van der Waals surface area contributed by atoms with Crippen LogP contribution in [-0.2, 0) is 4.79 Å². The number of hydrogen-bond acceptors (Lipinski definition) is 4. The molecule has 1 N–H and O–H groups in total. The Bertz CT molecular complexity index is 1070. The lowest BCUT2D eigenvalue weighted by atomic mass is 10.2. The second-order valence-electron chi connectivity index (χ2n) is 6.16. The molecule has 0 saturated heterocycles.